The zero-order valence-corrected chi connectivity index (χ0v) is 13.1. The second-order valence-corrected chi connectivity index (χ2v) is 5.44. The van der Waals surface area contributed by atoms with Crippen LogP contribution < -0.4 is 10.9 Å². The minimum Gasteiger partial charge on any atom is -0.469 e. The van der Waals surface area contributed by atoms with E-state index in [-0.39, 0.29) is 11.5 Å². The van der Waals surface area contributed by atoms with Crippen molar-refractivity contribution in [2.24, 2.45) is 5.92 Å². The van der Waals surface area contributed by atoms with E-state index in [2.05, 4.69) is 28.9 Å². The number of hydrogen-bond acceptors (Lipinski definition) is 5. The van der Waals surface area contributed by atoms with Crippen LogP contribution in [0.4, 0.5) is 5.82 Å². The molecule has 0 unspecified atom stereocenters. The summed E-state index contributed by atoms with van der Waals surface area (Å²) in [5, 5.41) is 3.07. The second kappa shape index (κ2) is 9.15. The number of nitrogens with zero attached hydrogens (tertiary/aromatic N) is 2. The molecule has 0 amide bonds. The van der Waals surface area contributed by atoms with Gasteiger partial charge in [0.2, 0.25) is 0 Å². The van der Waals surface area contributed by atoms with Crippen LogP contribution in [0.15, 0.2) is 17.2 Å². The van der Waals surface area contributed by atoms with Crippen molar-refractivity contribution >= 4 is 11.8 Å². The van der Waals surface area contributed by atoms with Crippen LogP contribution in [-0.2, 0) is 16.1 Å². The molecule has 1 aromatic rings. The van der Waals surface area contributed by atoms with E-state index in [1.54, 1.807) is 17.0 Å². The van der Waals surface area contributed by atoms with E-state index in [0.717, 1.165) is 19.3 Å². The van der Waals surface area contributed by atoms with Gasteiger partial charge in [0, 0.05) is 31.9 Å². The number of hydrogen-bond donors (Lipinski definition) is 1. The Morgan fingerprint density at radius 2 is 2.14 bits per heavy atom. The Balaban J connectivity index is 2.35. The van der Waals surface area contributed by atoms with Gasteiger partial charge < -0.3 is 14.6 Å². The van der Waals surface area contributed by atoms with Gasteiger partial charge in [0.25, 0.3) is 5.56 Å². The van der Waals surface area contributed by atoms with E-state index in [1.165, 1.54) is 7.11 Å². The van der Waals surface area contributed by atoms with Crippen molar-refractivity contribution in [3.8, 4) is 0 Å². The molecule has 0 radical (unpaired) electrons. The third kappa shape index (κ3) is 6.42. The van der Waals surface area contributed by atoms with Crippen molar-refractivity contribution in [2.45, 2.75) is 46.1 Å². The van der Waals surface area contributed by atoms with Crippen LogP contribution in [0.25, 0.3) is 0 Å². The molecule has 21 heavy (non-hydrogen) atoms. The van der Waals surface area contributed by atoms with Crippen molar-refractivity contribution in [2.75, 3.05) is 19.0 Å². The van der Waals surface area contributed by atoms with E-state index in [0.29, 0.717) is 31.2 Å². The maximum atomic E-state index is 12.1. The van der Waals surface area contributed by atoms with E-state index in [4.69, 9.17) is 0 Å². The highest BCUT2D eigenvalue weighted by Gasteiger charge is 2.05. The molecule has 0 atom stereocenters. The van der Waals surface area contributed by atoms with Crippen LogP contribution in [0.1, 0.15) is 39.5 Å². The zero-order chi connectivity index (χ0) is 15.7. The predicted molar refractivity (Wildman–Crippen MR) is 82.3 cm³/mol. The molecule has 0 aliphatic rings. The lowest BCUT2D eigenvalue weighted by Gasteiger charge is -2.10. The summed E-state index contributed by atoms with van der Waals surface area (Å²) < 4.78 is 6.26. The topological polar surface area (TPSA) is 73.2 Å². The highest BCUT2D eigenvalue weighted by molar-refractivity contribution is 5.68. The fraction of sp³-hybridized carbons (Fsp3) is 0.667. The Labute approximate surface area is 125 Å². The lowest BCUT2D eigenvalue weighted by atomic mass is 10.2. The summed E-state index contributed by atoms with van der Waals surface area (Å²) in [6, 6.07) is 0. The molecule has 6 nitrogen and oxygen atoms in total. The summed E-state index contributed by atoms with van der Waals surface area (Å²) in [6.07, 6.45) is 6.40. The van der Waals surface area contributed by atoms with Gasteiger partial charge in [0.1, 0.15) is 0 Å². The van der Waals surface area contributed by atoms with Crippen molar-refractivity contribution in [1.82, 2.24) is 9.55 Å². The third-order valence-electron chi connectivity index (χ3n) is 3.05. The van der Waals surface area contributed by atoms with Crippen LogP contribution in [0.2, 0.25) is 0 Å². The largest absolute Gasteiger partial charge is 0.469 e. The van der Waals surface area contributed by atoms with Crippen LogP contribution in [0.3, 0.4) is 0 Å². The van der Waals surface area contributed by atoms with E-state index in [9.17, 15) is 9.59 Å². The monoisotopic (exact) mass is 295 g/mol. The first-order chi connectivity index (χ1) is 10.0. The maximum Gasteiger partial charge on any atom is 0.305 e. The van der Waals surface area contributed by atoms with E-state index < -0.39 is 0 Å². The van der Waals surface area contributed by atoms with Gasteiger partial charge in [-0.2, -0.15) is 0 Å². The normalized spacial score (nSPS) is 10.7. The van der Waals surface area contributed by atoms with Gasteiger partial charge in [-0.05, 0) is 18.8 Å². The smallest absolute Gasteiger partial charge is 0.305 e. The fourth-order valence-corrected chi connectivity index (χ4v) is 1.99. The lowest BCUT2D eigenvalue weighted by Crippen LogP contribution is -2.26. The quantitative estimate of drug-likeness (QED) is 0.557. The SMILES string of the molecule is COC(=O)CCCCCNc1nccn(CC(C)C)c1=O. The zero-order valence-electron chi connectivity index (χ0n) is 13.1. The number of methoxy groups -OCH3 is 1. The van der Waals surface area contributed by atoms with Crippen molar-refractivity contribution in [3.63, 3.8) is 0 Å². The molecule has 1 aromatic heterocycles. The van der Waals surface area contributed by atoms with E-state index >= 15 is 0 Å². The Hall–Kier alpha value is -1.85. The Morgan fingerprint density at radius 1 is 1.38 bits per heavy atom. The number of aromatic nitrogens is 2. The van der Waals surface area contributed by atoms with Gasteiger partial charge in [-0.3, -0.25) is 9.59 Å². The summed E-state index contributed by atoms with van der Waals surface area (Å²) in [5.41, 5.74) is -0.0826. The summed E-state index contributed by atoms with van der Waals surface area (Å²) in [7, 11) is 1.40. The van der Waals surface area contributed by atoms with Gasteiger partial charge in [-0.25, -0.2) is 4.98 Å². The van der Waals surface area contributed by atoms with Crippen molar-refractivity contribution in [1.29, 1.82) is 0 Å². The number of carbonyl (C=O) groups excluding carboxylic acids is 1. The van der Waals surface area contributed by atoms with Crippen molar-refractivity contribution < 1.29 is 9.53 Å². The first-order valence-corrected chi connectivity index (χ1v) is 7.40. The molecule has 0 fully saturated rings. The fourth-order valence-electron chi connectivity index (χ4n) is 1.99. The molecule has 1 heterocycles. The molecular weight excluding hydrogens is 270 g/mol. The van der Waals surface area contributed by atoms with E-state index in [1.807, 2.05) is 0 Å². The molecule has 0 aliphatic heterocycles. The second-order valence-electron chi connectivity index (χ2n) is 5.44. The first kappa shape index (κ1) is 17.2. The Bertz CT molecular complexity index is 497. The standard InChI is InChI=1S/C15H25N3O3/c1-12(2)11-18-10-9-17-14(15(18)20)16-8-6-4-5-7-13(19)21-3/h9-10,12H,4-8,11H2,1-3H3,(H,16,17). The summed E-state index contributed by atoms with van der Waals surface area (Å²) in [5.74, 6) is 0.631. The highest BCUT2D eigenvalue weighted by atomic mass is 16.5. The van der Waals surface area contributed by atoms with Gasteiger partial charge in [-0.1, -0.05) is 20.3 Å². The number of nitrogens with one attached hydrogen (secondary N) is 1. The van der Waals surface area contributed by atoms with Crippen LogP contribution >= 0.6 is 0 Å². The molecule has 0 bridgehead atoms. The number of carbonyl (C=O) groups is 1. The molecule has 118 valence electrons. The molecule has 0 saturated heterocycles. The molecule has 0 spiro atoms. The van der Waals surface area contributed by atoms with Crippen LogP contribution in [0.5, 0.6) is 0 Å². The molecule has 0 aliphatic carbocycles. The summed E-state index contributed by atoms with van der Waals surface area (Å²) in [6.45, 7) is 5.51. The third-order valence-corrected chi connectivity index (χ3v) is 3.05. The number of rotatable bonds is 9. The Morgan fingerprint density at radius 3 is 2.81 bits per heavy atom. The molecule has 6 heteroatoms. The minimum absolute atomic E-state index is 0.0826. The Kier molecular flexibility index (Phi) is 7.50. The maximum absolute atomic E-state index is 12.1. The summed E-state index contributed by atoms with van der Waals surface area (Å²) in [4.78, 5) is 27.2. The van der Waals surface area contributed by atoms with Crippen LogP contribution in [0, 0.1) is 5.92 Å². The van der Waals surface area contributed by atoms with Gasteiger partial charge in [-0.15, -0.1) is 0 Å². The molecule has 0 saturated carbocycles. The van der Waals surface area contributed by atoms with Gasteiger partial charge >= 0.3 is 5.97 Å². The number of anilines is 1. The molecule has 0 aromatic carbocycles. The average Bonchev–Trinajstić information content (AvgIpc) is 2.45. The summed E-state index contributed by atoms with van der Waals surface area (Å²) >= 11 is 0. The van der Waals surface area contributed by atoms with Gasteiger partial charge in [0.15, 0.2) is 5.82 Å². The minimum atomic E-state index is -0.177. The predicted octanol–water partition coefficient (Wildman–Crippen LogP) is 2.04. The highest BCUT2D eigenvalue weighted by Crippen LogP contribution is 2.02. The molecule has 1 rings (SSSR count). The number of esters is 1. The number of ether oxygens (including phenoxy) is 1. The molecular formula is C15H25N3O3. The van der Waals surface area contributed by atoms with Crippen molar-refractivity contribution in [3.05, 3.63) is 22.7 Å². The van der Waals surface area contributed by atoms with Gasteiger partial charge in [0.05, 0.1) is 7.11 Å². The first-order valence-electron chi connectivity index (χ1n) is 7.40. The average molecular weight is 295 g/mol. The van der Waals surface area contributed by atoms with Crippen LogP contribution in [-0.4, -0.2) is 29.2 Å². The number of unbranched alkanes of at least 4 members (excludes halogenated alkanes) is 2. The molecule has 1 N–H and O–H groups in total. The lowest BCUT2D eigenvalue weighted by molar-refractivity contribution is -0.140.